The molecule has 19 heavy (non-hydrogen) atoms. The summed E-state index contributed by atoms with van der Waals surface area (Å²) < 4.78 is 5.63. The predicted molar refractivity (Wildman–Crippen MR) is 74.9 cm³/mol. The van der Waals surface area contributed by atoms with Crippen LogP contribution in [0, 0.1) is 6.92 Å². The number of nitrogens with one attached hydrogen (secondary N) is 1. The molecule has 0 aliphatic rings. The first-order chi connectivity index (χ1) is 9.28. The number of hydrogen-bond donors (Lipinski definition) is 1. The van der Waals surface area contributed by atoms with Crippen LogP contribution in [0.5, 0.6) is 5.75 Å². The predicted octanol–water partition coefficient (Wildman–Crippen LogP) is 2.47. The average Bonchev–Trinajstić information content (AvgIpc) is 2.46. The highest BCUT2D eigenvalue weighted by molar-refractivity contribution is 5.20. The zero-order chi connectivity index (χ0) is 13.5. The third-order valence-electron chi connectivity index (χ3n) is 2.74. The lowest BCUT2D eigenvalue weighted by Gasteiger charge is -2.06. The topological polar surface area (TPSA) is 47.0 Å². The van der Waals surface area contributed by atoms with Crippen molar-refractivity contribution in [2.75, 3.05) is 6.54 Å². The van der Waals surface area contributed by atoms with Crippen molar-refractivity contribution in [3.8, 4) is 5.75 Å². The van der Waals surface area contributed by atoms with Gasteiger partial charge in [0.2, 0.25) is 0 Å². The van der Waals surface area contributed by atoms with E-state index in [1.54, 1.807) is 6.20 Å². The Balaban J connectivity index is 1.87. The Morgan fingerprint density at radius 2 is 2.00 bits per heavy atom. The molecule has 0 atom stereocenters. The molecule has 0 aliphatic heterocycles. The molecule has 1 N–H and O–H groups in total. The van der Waals surface area contributed by atoms with Crippen molar-refractivity contribution in [3.63, 3.8) is 0 Å². The molecule has 100 valence electrons. The lowest BCUT2D eigenvalue weighted by atomic mass is 10.2. The fourth-order valence-corrected chi connectivity index (χ4v) is 1.61. The molecule has 0 saturated carbocycles. The van der Waals surface area contributed by atoms with E-state index in [2.05, 4.69) is 28.3 Å². The van der Waals surface area contributed by atoms with Crippen LogP contribution in [0.2, 0.25) is 0 Å². The average molecular weight is 257 g/mol. The molecule has 0 radical (unpaired) electrons. The van der Waals surface area contributed by atoms with Crippen molar-refractivity contribution in [1.82, 2.24) is 15.3 Å². The van der Waals surface area contributed by atoms with Crippen molar-refractivity contribution < 1.29 is 4.74 Å². The van der Waals surface area contributed by atoms with Crippen molar-refractivity contribution in [2.24, 2.45) is 0 Å². The molecular formula is C15H19N3O. The molecule has 0 unspecified atom stereocenters. The number of hydrogen-bond acceptors (Lipinski definition) is 4. The van der Waals surface area contributed by atoms with Crippen molar-refractivity contribution in [3.05, 3.63) is 53.6 Å². The van der Waals surface area contributed by atoms with E-state index < -0.39 is 0 Å². The largest absolute Gasteiger partial charge is 0.486 e. The summed E-state index contributed by atoms with van der Waals surface area (Å²) in [5.41, 5.74) is 3.08. The summed E-state index contributed by atoms with van der Waals surface area (Å²) in [6.07, 6.45) is 3.61. The summed E-state index contributed by atoms with van der Waals surface area (Å²) in [4.78, 5) is 8.56. The Morgan fingerprint density at radius 1 is 1.11 bits per heavy atom. The lowest BCUT2D eigenvalue weighted by Crippen LogP contribution is -2.12. The zero-order valence-electron chi connectivity index (χ0n) is 11.4. The van der Waals surface area contributed by atoms with Gasteiger partial charge in [0.25, 0.3) is 0 Å². The third-order valence-corrected chi connectivity index (χ3v) is 2.74. The molecule has 2 rings (SSSR count). The van der Waals surface area contributed by atoms with Gasteiger partial charge in [0.05, 0.1) is 11.9 Å². The van der Waals surface area contributed by atoms with Crippen LogP contribution < -0.4 is 10.1 Å². The fourth-order valence-electron chi connectivity index (χ4n) is 1.61. The van der Waals surface area contributed by atoms with E-state index >= 15 is 0 Å². The first-order valence-corrected chi connectivity index (χ1v) is 6.48. The smallest absolute Gasteiger partial charge is 0.138 e. The molecule has 0 fully saturated rings. The Morgan fingerprint density at radius 3 is 2.63 bits per heavy atom. The third kappa shape index (κ3) is 4.34. The van der Waals surface area contributed by atoms with E-state index in [-0.39, 0.29) is 0 Å². The molecule has 4 nitrogen and oxygen atoms in total. The van der Waals surface area contributed by atoms with Gasteiger partial charge in [-0.2, -0.15) is 0 Å². The highest BCUT2D eigenvalue weighted by Gasteiger charge is 1.99. The Labute approximate surface area is 113 Å². The second-order valence-corrected chi connectivity index (χ2v) is 4.36. The normalized spacial score (nSPS) is 10.4. The maximum atomic E-state index is 5.63. The second-order valence-electron chi connectivity index (χ2n) is 4.36. The maximum absolute atomic E-state index is 5.63. The van der Waals surface area contributed by atoms with Crippen LogP contribution in [0.3, 0.4) is 0 Å². The Hall–Kier alpha value is -1.94. The van der Waals surface area contributed by atoms with Crippen LogP contribution in [0.25, 0.3) is 0 Å². The van der Waals surface area contributed by atoms with Gasteiger partial charge in [-0.05, 0) is 37.2 Å². The minimum Gasteiger partial charge on any atom is -0.486 e. The van der Waals surface area contributed by atoms with Crippen LogP contribution in [0.15, 0.2) is 36.7 Å². The Kier molecular flexibility index (Phi) is 4.86. The summed E-state index contributed by atoms with van der Waals surface area (Å²) in [5.74, 6) is 0.768. The van der Waals surface area contributed by atoms with Crippen LogP contribution in [0.1, 0.15) is 23.9 Å². The highest BCUT2D eigenvalue weighted by atomic mass is 16.5. The minimum atomic E-state index is 0.465. The molecule has 0 saturated heterocycles. The molecule has 0 bridgehead atoms. The number of ether oxygens (including phenoxy) is 1. The monoisotopic (exact) mass is 257 g/mol. The van der Waals surface area contributed by atoms with Crippen molar-refractivity contribution in [1.29, 1.82) is 0 Å². The van der Waals surface area contributed by atoms with E-state index in [4.69, 9.17) is 4.74 Å². The molecule has 0 aliphatic carbocycles. The standard InChI is InChI=1S/C15H19N3O/c1-3-16-8-13-5-6-14(18-9-13)11-19-15-7-4-12(2)17-10-15/h4-7,9-10,16H,3,8,11H2,1-2H3. The zero-order valence-corrected chi connectivity index (χ0v) is 11.4. The summed E-state index contributed by atoms with van der Waals surface area (Å²) in [6, 6.07) is 7.92. The van der Waals surface area contributed by atoms with Crippen LogP contribution in [0.4, 0.5) is 0 Å². The number of aromatic nitrogens is 2. The van der Waals surface area contributed by atoms with Crippen molar-refractivity contribution in [2.45, 2.75) is 27.0 Å². The van der Waals surface area contributed by atoms with E-state index in [1.165, 1.54) is 5.56 Å². The van der Waals surface area contributed by atoms with Crippen LogP contribution in [-0.4, -0.2) is 16.5 Å². The van der Waals surface area contributed by atoms with E-state index in [0.29, 0.717) is 6.61 Å². The van der Waals surface area contributed by atoms with Gasteiger partial charge in [-0.1, -0.05) is 13.0 Å². The molecular weight excluding hydrogens is 238 g/mol. The van der Waals surface area contributed by atoms with Gasteiger partial charge in [0.1, 0.15) is 12.4 Å². The van der Waals surface area contributed by atoms with Gasteiger partial charge in [0, 0.05) is 18.4 Å². The quantitative estimate of drug-likeness (QED) is 0.863. The van der Waals surface area contributed by atoms with Gasteiger partial charge in [0.15, 0.2) is 0 Å². The molecule has 2 heterocycles. The molecule has 0 spiro atoms. The number of rotatable bonds is 6. The molecule has 2 aromatic rings. The summed E-state index contributed by atoms with van der Waals surface area (Å²) in [5, 5.41) is 3.27. The van der Waals surface area contributed by atoms with Gasteiger partial charge in [-0.25, -0.2) is 0 Å². The van der Waals surface area contributed by atoms with Gasteiger partial charge < -0.3 is 10.1 Å². The molecule has 4 heteroatoms. The summed E-state index contributed by atoms with van der Waals surface area (Å²) >= 11 is 0. The van der Waals surface area contributed by atoms with Crippen molar-refractivity contribution >= 4 is 0 Å². The number of aryl methyl sites for hydroxylation is 1. The number of nitrogens with zero attached hydrogens (tertiary/aromatic N) is 2. The maximum Gasteiger partial charge on any atom is 0.138 e. The lowest BCUT2D eigenvalue weighted by molar-refractivity contribution is 0.300. The summed E-state index contributed by atoms with van der Waals surface area (Å²) in [6.45, 7) is 6.32. The van der Waals surface area contributed by atoms with E-state index in [1.807, 2.05) is 31.3 Å². The van der Waals surface area contributed by atoms with Gasteiger partial charge >= 0.3 is 0 Å². The van der Waals surface area contributed by atoms with E-state index in [0.717, 1.165) is 30.2 Å². The second kappa shape index (κ2) is 6.85. The first kappa shape index (κ1) is 13.5. The minimum absolute atomic E-state index is 0.465. The van der Waals surface area contributed by atoms with E-state index in [9.17, 15) is 0 Å². The molecule has 0 amide bonds. The van der Waals surface area contributed by atoms with Gasteiger partial charge in [-0.15, -0.1) is 0 Å². The SMILES string of the molecule is CCNCc1ccc(COc2ccc(C)nc2)nc1. The fraction of sp³-hybridized carbons (Fsp3) is 0.333. The summed E-state index contributed by atoms with van der Waals surface area (Å²) in [7, 11) is 0. The highest BCUT2D eigenvalue weighted by Crippen LogP contribution is 2.11. The Bertz CT molecular complexity index is 494. The molecule has 2 aromatic heterocycles. The first-order valence-electron chi connectivity index (χ1n) is 6.48. The molecule has 0 aromatic carbocycles. The number of pyridine rings is 2. The van der Waals surface area contributed by atoms with Crippen LogP contribution >= 0.6 is 0 Å². The van der Waals surface area contributed by atoms with Gasteiger partial charge in [-0.3, -0.25) is 9.97 Å². The van der Waals surface area contributed by atoms with Crippen LogP contribution in [-0.2, 0) is 13.2 Å².